The predicted molar refractivity (Wildman–Crippen MR) is 192 cm³/mol. The molecule has 1 saturated heterocycles. The summed E-state index contributed by atoms with van der Waals surface area (Å²) >= 11 is 0. The molecule has 278 valence electrons. The summed E-state index contributed by atoms with van der Waals surface area (Å²) in [6.45, 7) is 14.8. The molecular weight excluding hydrogens is 640 g/mol. The Morgan fingerprint density at radius 1 is 0.940 bits per heavy atom. The zero-order valence-electron chi connectivity index (χ0n) is 31.3. The molecule has 2 aliphatic rings. The van der Waals surface area contributed by atoms with Crippen LogP contribution in [-0.2, 0) is 41.7 Å². The Kier molecular flexibility index (Phi) is 13.6. The molecule has 2 aromatic rings. The average Bonchev–Trinajstić information content (AvgIpc) is 3.08. The van der Waals surface area contributed by atoms with Crippen molar-refractivity contribution in [2.24, 2.45) is 10.8 Å². The predicted octanol–water partition coefficient (Wildman–Crippen LogP) is 6.51. The van der Waals surface area contributed by atoms with Crippen molar-refractivity contribution in [3.05, 3.63) is 59.2 Å². The molecule has 1 N–H and O–H groups in total. The van der Waals surface area contributed by atoms with Crippen LogP contribution in [0.1, 0.15) is 76.5 Å². The van der Waals surface area contributed by atoms with Gasteiger partial charge in [0.1, 0.15) is 12.4 Å². The maximum Gasteiger partial charge on any atom is 0.407 e. The Morgan fingerprint density at radius 2 is 1.64 bits per heavy atom. The summed E-state index contributed by atoms with van der Waals surface area (Å²) in [6, 6.07) is 14.4. The number of carboxylic acid groups (broad SMARTS) is 1. The minimum Gasteiger partial charge on any atom is -0.490 e. The molecule has 2 heterocycles. The smallest absolute Gasteiger partial charge is 0.407 e. The minimum absolute atomic E-state index is 0.146. The van der Waals surface area contributed by atoms with Crippen LogP contribution in [-0.4, -0.2) is 101 Å². The van der Waals surface area contributed by atoms with Gasteiger partial charge in [0.2, 0.25) is 0 Å². The maximum atomic E-state index is 13.2. The van der Waals surface area contributed by atoms with E-state index in [1.54, 1.807) is 14.2 Å². The molecule has 2 aliphatic heterocycles. The van der Waals surface area contributed by atoms with Gasteiger partial charge in [-0.1, -0.05) is 51.1 Å². The van der Waals surface area contributed by atoms with Crippen molar-refractivity contribution >= 4 is 17.7 Å². The molecule has 50 heavy (non-hydrogen) atoms. The van der Waals surface area contributed by atoms with Crippen molar-refractivity contribution in [2.45, 2.75) is 84.7 Å². The Labute approximate surface area is 298 Å². The van der Waals surface area contributed by atoms with Gasteiger partial charge in [0.25, 0.3) is 0 Å². The van der Waals surface area contributed by atoms with E-state index in [0.29, 0.717) is 52.5 Å². The normalized spacial score (nSPS) is 21.0. The van der Waals surface area contributed by atoms with Crippen LogP contribution < -0.4 is 9.64 Å². The van der Waals surface area contributed by atoms with E-state index in [-0.39, 0.29) is 18.4 Å². The zero-order chi connectivity index (χ0) is 36.5. The van der Waals surface area contributed by atoms with Crippen molar-refractivity contribution in [3.8, 4) is 5.75 Å². The summed E-state index contributed by atoms with van der Waals surface area (Å²) in [5, 5.41) is 10.8. The van der Waals surface area contributed by atoms with E-state index in [0.717, 1.165) is 47.6 Å². The van der Waals surface area contributed by atoms with Gasteiger partial charge in [-0.05, 0) is 67.3 Å². The number of methoxy groups -OCH3 is 3. The summed E-state index contributed by atoms with van der Waals surface area (Å²) in [5.41, 5.74) is 1.72. The van der Waals surface area contributed by atoms with Gasteiger partial charge in [0, 0.05) is 33.3 Å². The van der Waals surface area contributed by atoms with Gasteiger partial charge in [-0.3, -0.25) is 9.69 Å². The minimum atomic E-state index is -1.03. The molecule has 2 aromatic carbocycles. The van der Waals surface area contributed by atoms with Crippen molar-refractivity contribution in [1.82, 2.24) is 4.90 Å². The number of hydrogen-bond donors (Lipinski definition) is 1. The molecule has 1 amide bonds. The Morgan fingerprint density at radius 3 is 2.28 bits per heavy atom. The first kappa shape index (κ1) is 39.4. The highest BCUT2D eigenvalue weighted by molar-refractivity contribution is 5.76. The molecule has 0 radical (unpaired) electrons. The summed E-state index contributed by atoms with van der Waals surface area (Å²) in [4.78, 5) is 30.1. The van der Waals surface area contributed by atoms with Crippen LogP contribution in [0.2, 0.25) is 0 Å². The number of fused-ring (bicyclic) bond motifs is 1. The third kappa shape index (κ3) is 9.29. The standard InChI is InChI=1S/C39H58N2O9/c1-37(2,3)39(27-38(4,5)35(42)47-8)23-31(30-13-10-28(11-14-30)25-48-21-20-46-7)34(24-41(39)36(43)44)50-26-29-12-15-33-32(22-29)40(17-19-49-33)16-9-18-45-6/h10-15,22,31,34H,9,16-21,23-27H2,1-8H3,(H,43,44)/t31-,34+,39-/m1/s1. The number of likely N-dealkylation sites (tertiary alicyclic amines) is 1. The quantitative estimate of drug-likeness (QED) is 0.154. The highest BCUT2D eigenvalue weighted by Gasteiger charge is 2.58. The monoisotopic (exact) mass is 698 g/mol. The first-order valence-electron chi connectivity index (χ1n) is 17.6. The Balaban J connectivity index is 1.68. The first-order valence-corrected chi connectivity index (χ1v) is 17.6. The largest absolute Gasteiger partial charge is 0.490 e. The van der Waals surface area contributed by atoms with E-state index in [1.165, 1.54) is 12.0 Å². The van der Waals surface area contributed by atoms with Crippen molar-refractivity contribution in [1.29, 1.82) is 0 Å². The molecule has 0 unspecified atom stereocenters. The highest BCUT2D eigenvalue weighted by atomic mass is 16.5. The van der Waals surface area contributed by atoms with E-state index in [1.807, 2.05) is 26.0 Å². The third-order valence-electron chi connectivity index (χ3n) is 10.3. The number of piperidine rings is 1. The number of esters is 1. The molecule has 11 heteroatoms. The van der Waals surface area contributed by atoms with Gasteiger partial charge < -0.3 is 38.4 Å². The zero-order valence-corrected chi connectivity index (χ0v) is 31.3. The van der Waals surface area contributed by atoms with Crippen LogP contribution >= 0.6 is 0 Å². The lowest BCUT2D eigenvalue weighted by Crippen LogP contribution is -2.67. The summed E-state index contributed by atoms with van der Waals surface area (Å²) < 4.78 is 34.0. The van der Waals surface area contributed by atoms with E-state index >= 15 is 0 Å². The number of nitrogens with zero attached hydrogens (tertiary/aromatic N) is 2. The number of hydrogen-bond acceptors (Lipinski definition) is 9. The molecule has 0 spiro atoms. The SMILES string of the molecule is COCCCN1CCOc2ccc(CO[C@H]3CN(C(=O)O)[C@](CC(C)(C)C(=O)OC)(C(C)(C)C)C[C@@H]3c3ccc(COCCOC)cc3)cc21. The number of amides is 1. The average molecular weight is 699 g/mol. The molecule has 1 fully saturated rings. The fourth-order valence-electron chi connectivity index (χ4n) is 7.51. The van der Waals surface area contributed by atoms with E-state index in [9.17, 15) is 14.7 Å². The molecule has 0 bridgehead atoms. The molecule has 3 atom stereocenters. The number of carbonyl (C=O) groups excluding carboxylic acids is 1. The number of anilines is 1. The van der Waals surface area contributed by atoms with E-state index in [4.69, 9.17) is 28.4 Å². The fraction of sp³-hybridized carbons (Fsp3) is 0.641. The lowest BCUT2D eigenvalue weighted by Gasteiger charge is -2.59. The molecule has 11 nitrogen and oxygen atoms in total. The number of rotatable bonds is 16. The van der Waals surface area contributed by atoms with Crippen LogP contribution in [0.5, 0.6) is 5.75 Å². The number of ether oxygens (including phenoxy) is 6. The highest BCUT2D eigenvalue weighted by Crippen LogP contribution is 2.53. The van der Waals surface area contributed by atoms with Gasteiger partial charge in [-0.15, -0.1) is 0 Å². The van der Waals surface area contributed by atoms with Crippen molar-refractivity contribution < 1.29 is 43.1 Å². The van der Waals surface area contributed by atoms with Crippen LogP contribution in [0, 0.1) is 10.8 Å². The Hall–Kier alpha value is -3.38. The van der Waals surface area contributed by atoms with E-state index < -0.39 is 28.6 Å². The number of carbonyl (C=O) groups is 2. The van der Waals surface area contributed by atoms with Gasteiger partial charge in [-0.25, -0.2) is 4.79 Å². The van der Waals surface area contributed by atoms with Gasteiger partial charge in [0.05, 0.1) is 69.4 Å². The lowest BCUT2D eigenvalue weighted by molar-refractivity contribution is -0.158. The second-order valence-corrected chi connectivity index (χ2v) is 15.2. The second-order valence-electron chi connectivity index (χ2n) is 15.2. The molecule has 0 aromatic heterocycles. The Bertz CT molecular complexity index is 1410. The van der Waals surface area contributed by atoms with Gasteiger partial charge >= 0.3 is 12.1 Å². The van der Waals surface area contributed by atoms with E-state index in [2.05, 4.69) is 56.0 Å². The molecule has 0 aliphatic carbocycles. The van der Waals surface area contributed by atoms with Gasteiger partial charge in [-0.2, -0.15) is 0 Å². The summed E-state index contributed by atoms with van der Waals surface area (Å²) in [7, 11) is 4.74. The molecule has 0 saturated carbocycles. The van der Waals surface area contributed by atoms with Crippen molar-refractivity contribution in [3.63, 3.8) is 0 Å². The third-order valence-corrected chi connectivity index (χ3v) is 10.3. The first-order chi connectivity index (χ1) is 23.8. The van der Waals surface area contributed by atoms with Crippen LogP contribution in [0.15, 0.2) is 42.5 Å². The van der Waals surface area contributed by atoms with Crippen LogP contribution in [0.3, 0.4) is 0 Å². The van der Waals surface area contributed by atoms with Crippen molar-refractivity contribution in [2.75, 3.05) is 72.3 Å². The summed E-state index contributed by atoms with van der Waals surface area (Å²) in [5.74, 6) is 0.319. The van der Waals surface area contributed by atoms with Crippen LogP contribution in [0.25, 0.3) is 0 Å². The molecular formula is C39H58N2O9. The second kappa shape index (κ2) is 17.2. The molecule has 4 rings (SSSR count). The van der Waals surface area contributed by atoms with Crippen LogP contribution in [0.4, 0.5) is 10.5 Å². The fourth-order valence-corrected chi connectivity index (χ4v) is 7.51. The van der Waals surface area contributed by atoms with Gasteiger partial charge in [0.15, 0.2) is 0 Å². The summed E-state index contributed by atoms with van der Waals surface area (Å²) in [6.07, 6.45) is 0.181. The lowest BCUT2D eigenvalue weighted by atomic mass is 9.58. The maximum absolute atomic E-state index is 13.2. The topological polar surface area (TPSA) is 116 Å². The number of benzene rings is 2.